The van der Waals surface area contributed by atoms with Crippen molar-refractivity contribution in [3.63, 3.8) is 0 Å². The highest BCUT2D eigenvalue weighted by Gasteiger charge is 2.14. The summed E-state index contributed by atoms with van der Waals surface area (Å²) in [6, 6.07) is 4.07. The lowest BCUT2D eigenvalue weighted by atomic mass is 10.1. The Kier molecular flexibility index (Phi) is 4.63. The van der Waals surface area contributed by atoms with E-state index in [1.54, 1.807) is 0 Å². The Balaban J connectivity index is 1.60. The molecule has 0 amide bonds. The third-order valence-electron chi connectivity index (χ3n) is 3.36. The van der Waals surface area contributed by atoms with Gasteiger partial charge in [0.15, 0.2) is 0 Å². The van der Waals surface area contributed by atoms with Gasteiger partial charge in [-0.1, -0.05) is 6.92 Å². The average Bonchev–Trinajstić information content (AvgIpc) is 2.90. The highest BCUT2D eigenvalue weighted by atomic mass is 16.3. The molecule has 1 atom stereocenters. The van der Waals surface area contributed by atoms with E-state index < -0.39 is 0 Å². The van der Waals surface area contributed by atoms with E-state index in [1.807, 2.05) is 19.1 Å². The van der Waals surface area contributed by atoms with Gasteiger partial charge in [0.1, 0.15) is 11.5 Å². The summed E-state index contributed by atoms with van der Waals surface area (Å²) < 4.78 is 5.53. The van der Waals surface area contributed by atoms with Crippen LogP contribution in [0.2, 0.25) is 0 Å². The topological polar surface area (TPSA) is 28.4 Å². The third kappa shape index (κ3) is 4.17. The summed E-state index contributed by atoms with van der Waals surface area (Å²) in [4.78, 5) is 2.57. The van der Waals surface area contributed by atoms with Gasteiger partial charge in [-0.05, 0) is 57.5 Å². The zero-order valence-corrected chi connectivity index (χ0v) is 11.0. The summed E-state index contributed by atoms with van der Waals surface area (Å²) in [5, 5.41) is 3.47. The van der Waals surface area contributed by atoms with Crippen LogP contribution in [-0.2, 0) is 6.54 Å². The quantitative estimate of drug-likeness (QED) is 0.822. The van der Waals surface area contributed by atoms with E-state index in [-0.39, 0.29) is 0 Å². The van der Waals surface area contributed by atoms with Crippen molar-refractivity contribution >= 4 is 0 Å². The molecule has 17 heavy (non-hydrogen) atoms. The van der Waals surface area contributed by atoms with Gasteiger partial charge in [0.25, 0.3) is 0 Å². The zero-order valence-electron chi connectivity index (χ0n) is 11.0. The number of hydrogen-bond donors (Lipinski definition) is 1. The number of nitrogens with zero attached hydrogens (tertiary/aromatic N) is 1. The minimum Gasteiger partial charge on any atom is -0.465 e. The minimum atomic E-state index is 0.712. The van der Waals surface area contributed by atoms with Crippen LogP contribution < -0.4 is 5.32 Å². The highest BCUT2D eigenvalue weighted by molar-refractivity contribution is 5.05. The maximum Gasteiger partial charge on any atom is 0.117 e. The van der Waals surface area contributed by atoms with Gasteiger partial charge >= 0.3 is 0 Å². The smallest absolute Gasteiger partial charge is 0.117 e. The molecule has 1 aliphatic rings. The van der Waals surface area contributed by atoms with Crippen molar-refractivity contribution in [2.24, 2.45) is 5.92 Å². The summed E-state index contributed by atoms with van der Waals surface area (Å²) >= 11 is 0. The van der Waals surface area contributed by atoms with Gasteiger partial charge in [0.2, 0.25) is 0 Å². The molecule has 96 valence electrons. The van der Waals surface area contributed by atoms with Gasteiger partial charge < -0.3 is 14.6 Å². The van der Waals surface area contributed by atoms with Crippen LogP contribution in [0.4, 0.5) is 0 Å². The van der Waals surface area contributed by atoms with Gasteiger partial charge in [-0.3, -0.25) is 0 Å². The molecule has 0 aromatic carbocycles. The number of furan rings is 1. The van der Waals surface area contributed by atoms with Gasteiger partial charge in [-0.15, -0.1) is 0 Å². The largest absolute Gasteiger partial charge is 0.465 e. The molecule has 1 fully saturated rings. The molecule has 1 aromatic heterocycles. The number of nitrogens with one attached hydrogen (secondary N) is 1. The Morgan fingerprint density at radius 3 is 2.76 bits per heavy atom. The number of rotatable bonds is 6. The van der Waals surface area contributed by atoms with Gasteiger partial charge in [-0.2, -0.15) is 0 Å². The summed E-state index contributed by atoms with van der Waals surface area (Å²) in [6.45, 7) is 10.0. The fraction of sp³-hybridized carbons (Fsp3) is 0.714. The van der Waals surface area contributed by atoms with Crippen molar-refractivity contribution in [3.05, 3.63) is 23.7 Å². The lowest BCUT2D eigenvalue weighted by molar-refractivity contribution is 0.281. The molecular weight excluding hydrogens is 212 g/mol. The van der Waals surface area contributed by atoms with Crippen LogP contribution in [0.3, 0.4) is 0 Å². The second-order valence-corrected chi connectivity index (χ2v) is 5.26. The molecule has 1 N–H and O–H groups in total. The predicted octanol–water partition coefficient (Wildman–Crippen LogP) is 2.41. The Hall–Kier alpha value is -0.800. The fourth-order valence-corrected chi connectivity index (χ4v) is 2.49. The average molecular weight is 236 g/mol. The van der Waals surface area contributed by atoms with Crippen LogP contribution in [0.1, 0.15) is 31.3 Å². The second kappa shape index (κ2) is 6.22. The Labute approximate surface area is 104 Å². The summed E-state index contributed by atoms with van der Waals surface area (Å²) in [5.74, 6) is 2.74. The van der Waals surface area contributed by atoms with E-state index in [2.05, 4.69) is 17.1 Å². The van der Waals surface area contributed by atoms with Crippen LogP contribution in [-0.4, -0.2) is 31.1 Å². The van der Waals surface area contributed by atoms with Crippen molar-refractivity contribution < 1.29 is 4.42 Å². The molecule has 1 saturated heterocycles. The zero-order chi connectivity index (χ0) is 12.1. The molecule has 0 spiro atoms. The van der Waals surface area contributed by atoms with Crippen LogP contribution in [0.25, 0.3) is 0 Å². The van der Waals surface area contributed by atoms with Crippen molar-refractivity contribution in [1.82, 2.24) is 10.2 Å². The first-order chi connectivity index (χ1) is 8.24. The first kappa shape index (κ1) is 12.7. The normalized spacial score (nSPS) is 18.7. The molecule has 1 aliphatic heterocycles. The molecule has 2 rings (SSSR count). The highest BCUT2D eigenvalue weighted by Crippen LogP contribution is 2.10. The van der Waals surface area contributed by atoms with E-state index in [9.17, 15) is 0 Å². The molecule has 0 radical (unpaired) electrons. The summed E-state index contributed by atoms with van der Waals surface area (Å²) in [6.07, 6.45) is 2.76. The van der Waals surface area contributed by atoms with E-state index in [0.717, 1.165) is 24.6 Å². The lowest BCUT2D eigenvalue weighted by Crippen LogP contribution is -2.31. The van der Waals surface area contributed by atoms with Gasteiger partial charge in [0.05, 0.1) is 6.54 Å². The molecule has 2 heterocycles. The number of aryl methyl sites for hydroxylation is 1. The molecule has 1 unspecified atom stereocenters. The summed E-state index contributed by atoms with van der Waals surface area (Å²) in [5.41, 5.74) is 0. The maximum atomic E-state index is 5.53. The van der Waals surface area contributed by atoms with E-state index in [0.29, 0.717) is 5.92 Å². The second-order valence-electron chi connectivity index (χ2n) is 5.26. The van der Waals surface area contributed by atoms with Gasteiger partial charge in [0, 0.05) is 6.54 Å². The van der Waals surface area contributed by atoms with Crippen LogP contribution in [0, 0.1) is 12.8 Å². The first-order valence-corrected chi connectivity index (χ1v) is 6.72. The van der Waals surface area contributed by atoms with E-state index >= 15 is 0 Å². The molecular formula is C14H24N2O. The Morgan fingerprint density at radius 2 is 2.12 bits per heavy atom. The lowest BCUT2D eigenvalue weighted by Gasteiger charge is -2.20. The van der Waals surface area contributed by atoms with Crippen LogP contribution in [0.15, 0.2) is 16.5 Å². The Bertz CT molecular complexity index is 329. The van der Waals surface area contributed by atoms with Crippen molar-refractivity contribution in [2.75, 3.05) is 26.2 Å². The molecule has 3 heteroatoms. The first-order valence-electron chi connectivity index (χ1n) is 6.72. The number of likely N-dealkylation sites (tertiary alicyclic amines) is 1. The SMILES string of the molecule is Cc1ccc(CNCC(C)CN2CCCC2)o1. The molecule has 3 nitrogen and oxygen atoms in total. The standard InChI is InChI=1S/C14H24N2O/c1-12(11-16-7-3-4-8-16)9-15-10-14-6-5-13(2)17-14/h5-6,12,15H,3-4,7-11H2,1-2H3. The monoisotopic (exact) mass is 236 g/mol. The Morgan fingerprint density at radius 1 is 1.35 bits per heavy atom. The molecule has 0 aliphatic carbocycles. The molecule has 0 saturated carbocycles. The molecule has 1 aromatic rings. The van der Waals surface area contributed by atoms with E-state index in [4.69, 9.17) is 4.42 Å². The van der Waals surface area contributed by atoms with Gasteiger partial charge in [-0.25, -0.2) is 0 Å². The van der Waals surface area contributed by atoms with Crippen molar-refractivity contribution in [3.8, 4) is 0 Å². The molecule has 0 bridgehead atoms. The third-order valence-corrected chi connectivity index (χ3v) is 3.36. The van der Waals surface area contributed by atoms with Crippen LogP contribution in [0.5, 0.6) is 0 Å². The predicted molar refractivity (Wildman–Crippen MR) is 70.0 cm³/mol. The maximum absolute atomic E-state index is 5.53. The fourth-order valence-electron chi connectivity index (χ4n) is 2.49. The number of hydrogen-bond acceptors (Lipinski definition) is 3. The van der Waals surface area contributed by atoms with Crippen LogP contribution >= 0.6 is 0 Å². The minimum absolute atomic E-state index is 0.712. The van der Waals surface area contributed by atoms with Crippen molar-refractivity contribution in [1.29, 1.82) is 0 Å². The van der Waals surface area contributed by atoms with E-state index in [1.165, 1.54) is 32.5 Å². The van der Waals surface area contributed by atoms with Crippen molar-refractivity contribution in [2.45, 2.75) is 33.2 Å². The summed E-state index contributed by atoms with van der Waals surface area (Å²) in [7, 11) is 0.